The SMILES string of the molecule is Cc1nc(-c2ccc(N3CCCCC3C(=O)Nc3nnc(C4CC4)s3)c(F)c2)no1. The highest BCUT2D eigenvalue weighted by Crippen LogP contribution is 2.42. The molecule has 30 heavy (non-hydrogen) atoms. The van der Waals surface area contributed by atoms with Crippen LogP contribution in [0, 0.1) is 12.7 Å². The summed E-state index contributed by atoms with van der Waals surface area (Å²) >= 11 is 1.43. The number of piperidine rings is 1. The van der Waals surface area contributed by atoms with Crippen molar-refractivity contribution in [2.45, 2.75) is 51.0 Å². The molecule has 1 atom stereocenters. The van der Waals surface area contributed by atoms with Gasteiger partial charge in [-0.2, -0.15) is 4.98 Å². The minimum absolute atomic E-state index is 0.175. The van der Waals surface area contributed by atoms with Crippen molar-refractivity contribution < 1.29 is 13.7 Å². The second-order valence-electron chi connectivity index (χ2n) is 7.72. The number of benzene rings is 1. The van der Waals surface area contributed by atoms with Crippen molar-refractivity contribution in [3.8, 4) is 11.4 Å². The van der Waals surface area contributed by atoms with Crippen LogP contribution in [0.4, 0.5) is 15.2 Å². The molecule has 1 aromatic carbocycles. The van der Waals surface area contributed by atoms with Crippen molar-refractivity contribution in [2.75, 3.05) is 16.8 Å². The molecule has 2 aliphatic rings. The Hall–Kier alpha value is -2.88. The summed E-state index contributed by atoms with van der Waals surface area (Å²) in [5.74, 6) is 0.666. The van der Waals surface area contributed by atoms with Gasteiger partial charge in [0.2, 0.25) is 22.8 Å². The van der Waals surface area contributed by atoms with Crippen LogP contribution in [0.2, 0.25) is 0 Å². The van der Waals surface area contributed by atoms with E-state index in [1.807, 2.05) is 4.90 Å². The van der Waals surface area contributed by atoms with Crippen molar-refractivity contribution >= 4 is 28.1 Å². The van der Waals surface area contributed by atoms with Crippen LogP contribution in [-0.4, -0.2) is 38.8 Å². The zero-order valence-corrected chi connectivity index (χ0v) is 17.3. The molecule has 3 aromatic rings. The van der Waals surface area contributed by atoms with Crippen LogP contribution >= 0.6 is 11.3 Å². The van der Waals surface area contributed by atoms with Crippen LogP contribution in [0.3, 0.4) is 0 Å². The number of aromatic nitrogens is 4. The van der Waals surface area contributed by atoms with E-state index in [0.29, 0.717) is 47.0 Å². The van der Waals surface area contributed by atoms with Gasteiger partial charge in [0.25, 0.3) is 0 Å². The Bertz CT molecular complexity index is 1080. The fourth-order valence-corrected chi connectivity index (χ4v) is 4.67. The molecule has 2 aromatic heterocycles. The van der Waals surface area contributed by atoms with Crippen LogP contribution in [0.15, 0.2) is 22.7 Å². The van der Waals surface area contributed by atoms with E-state index in [2.05, 4.69) is 25.7 Å². The number of anilines is 2. The zero-order chi connectivity index (χ0) is 20.7. The summed E-state index contributed by atoms with van der Waals surface area (Å²) in [5.41, 5.74) is 0.933. The number of carbonyl (C=O) groups is 1. The van der Waals surface area contributed by atoms with E-state index in [0.717, 1.165) is 30.7 Å². The van der Waals surface area contributed by atoms with Crippen molar-refractivity contribution in [1.82, 2.24) is 20.3 Å². The highest BCUT2D eigenvalue weighted by molar-refractivity contribution is 7.15. The molecular weight excluding hydrogens is 407 g/mol. The van der Waals surface area contributed by atoms with E-state index < -0.39 is 11.9 Å². The predicted octanol–water partition coefficient (Wildman–Crippen LogP) is 3.91. The minimum Gasteiger partial charge on any atom is -0.357 e. The lowest BCUT2D eigenvalue weighted by Crippen LogP contribution is -2.47. The molecule has 1 aliphatic carbocycles. The van der Waals surface area contributed by atoms with Gasteiger partial charge in [-0.25, -0.2) is 4.39 Å². The number of amides is 1. The third kappa shape index (κ3) is 3.79. The largest absolute Gasteiger partial charge is 0.357 e. The molecule has 0 bridgehead atoms. The zero-order valence-electron chi connectivity index (χ0n) is 16.5. The standard InChI is InChI=1S/C20H21FN6O2S/c1-11-22-17(26-29-11)13-7-8-15(14(21)10-13)27-9-3-2-4-16(27)18(28)23-20-25-24-19(30-20)12-5-6-12/h7-8,10,12,16H,2-6,9H2,1H3,(H,23,25,28). The predicted molar refractivity (Wildman–Crippen MR) is 110 cm³/mol. The van der Waals surface area contributed by atoms with Crippen molar-refractivity contribution in [3.63, 3.8) is 0 Å². The van der Waals surface area contributed by atoms with Crippen molar-refractivity contribution in [1.29, 1.82) is 0 Å². The number of aryl methyl sites for hydroxylation is 1. The lowest BCUT2D eigenvalue weighted by atomic mass is 10.00. The molecule has 8 nitrogen and oxygen atoms in total. The maximum absolute atomic E-state index is 15.0. The molecule has 156 valence electrons. The molecule has 0 spiro atoms. The normalized spacial score (nSPS) is 19.1. The molecule has 1 unspecified atom stereocenters. The van der Waals surface area contributed by atoms with E-state index in [1.54, 1.807) is 19.1 Å². The number of nitrogens with one attached hydrogen (secondary N) is 1. The molecule has 0 radical (unpaired) electrons. The Kier molecular flexibility index (Phi) is 4.93. The van der Waals surface area contributed by atoms with Gasteiger partial charge in [-0.1, -0.05) is 16.5 Å². The molecule has 10 heteroatoms. The summed E-state index contributed by atoms with van der Waals surface area (Å²) in [5, 5.41) is 16.5. The minimum atomic E-state index is -0.459. The van der Waals surface area contributed by atoms with E-state index in [4.69, 9.17) is 4.52 Å². The summed E-state index contributed by atoms with van der Waals surface area (Å²) in [4.78, 5) is 19.0. The highest BCUT2D eigenvalue weighted by Gasteiger charge is 2.32. The molecule has 1 N–H and O–H groups in total. The third-order valence-electron chi connectivity index (χ3n) is 5.45. The Morgan fingerprint density at radius 3 is 2.87 bits per heavy atom. The molecule has 2 fully saturated rings. The van der Waals surface area contributed by atoms with Crippen LogP contribution in [0.25, 0.3) is 11.4 Å². The van der Waals surface area contributed by atoms with Gasteiger partial charge in [-0.3, -0.25) is 10.1 Å². The molecule has 1 saturated carbocycles. The monoisotopic (exact) mass is 428 g/mol. The second kappa shape index (κ2) is 7.75. The van der Waals surface area contributed by atoms with Crippen molar-refractivity contribution in [2.24, 2.45) is 0 Å². The number of rotatable bonds is 5. The van der Waals surface area contributed by atoms with Gasteiger partial charge < -0.3 is 9.42 Å². The number of nitrogens with zero attached hydrogens (tertiary/aromatic N) is 5. The first-order chi connectivity index (χ1) is 14.6. The summed E-state index contributed by atoms with van der Waals surface area (Å²) < 4.78 is 20.0. The van der Waals surface area contributed by atoms with Gasteiger partial charge in [0.1, 0.15) is 16.9 Å². The van der Waals surface area contributed by atoms with E-state index in [9.17, 15) is 4.79 Å². The fraction of sp³-hybridized carbons (Fsp3) is 0.450. The first kappa shape index (κ1) is 19.1. The lowest BCUT2D eigenvalue weighted by molar-refractivity contribution is -0.117. The molecule has 1 saturated heterocycles. The van der Waals surface area contributed by atoms with Gasteiger partial charge in [0.05, 0.1) is 5.69 Å². The summed E-state index contributed by atoms with van der Waals surface area (Å²) in [6, 6.07) is 4.35. The maximum Gasteiger partial charge on any atom is 0.248 e. The van der Waals surface area contributed by atoms with Crippen LogP contribution in [0.1, 0.15) is 48.9 Å². The lowest BCUT2D eigenvalue weighted by Gasteiger charge is -2.36. The Morgan fingerprint density at radius 2 is 2.13 bits per heavy atom. The van der Waals surface area contributed by atoms with Crippen LogP contribution in [-0.2, 0) is 4.79 Å². The van der Waals surface area contributed by atoms with Gasteiger partial charge in [0, 0.05) is 24.9 Å². The second-order valence-corrected chi connectivity index (χ2v) is 8.73. The summed E-state index contributed by atoms with van der Waals surface area (Å²) in [7, 11) is 0. The molecule has 1 amide bonds. The third-order valence-corrected chi connectivity index (χ3v) is 6.45. The van der Waals surface area contributed by atoms with Crippen molar-refractivity contribution in [3.05, 3.63) is 34.9 Å². The Labute approximate surface area is 176 Å². The number of hydrogen-bond acceptors (Lipinski definition) is 8. The average Bonchev–Trinajstić information content (AvgIpc) is 3.34. The number of halogens is 1. The van der Waals surface area contributed by atoms with E-state index in [1.165, 1.54) is 17.4 Å². The Balaban J connectivity index is 1.35. The molecule has 5 rings (SSSR count). The number of carbonyl (C=O) groups excluding carboxylic acids is 1. The smallest absolute Gasteiger partial charge is 0.248 e. The summed E-state index contributed by atoms with van der Waals surface area (Å²) in [6.07, 6.45) is 4.75. The fourth-order valence-electron chi connectivity index (χ4n) is 3.76. The van der Waals surface area contributed by atoms with Crippen LogP contribution in [0.5, 0.6) is 0 Å². The Morgan fingerprint density at radius 1 is 1.27 bits per heavy atom. The molecular formula is C20H21FN6O2S. The van der Waals surface area contributed by atoms with Gasteiger partial charge in [0.15, 0.2) is 0 Å². The molecule has 1 aliphatic heterocycles. The molecule has 3 heterocycles. The summed E-state index contributed by atoms with van der Waals surface area (Å²) in [6.45, 7) is 2.29. The van der Waals surface area contributed by atoms with Gasteiger partial charge in [-0.05, 0) is 50.3 Å². The number of hydrogen-bond donors (Lipinski definition) is 1. The van der Waals surface area contributed by atoms with Gasteiger partial charge >= 0.3 is 0 Å². The van der Waals surface area contributed by atoms with E-state index >= 15 is 4.39 Å². The quantitative estimate of drug-likeness (QED) is 0.658. The average molecular weight is 428 g/mol. The van der Waals surface area contributed by atoms with Gasteiger partial charge in [-0.15, -0.1) is 10.2 Å². The topological polar surface area (TPSA) is 97.0 Å². The van der Waals surface area contributed by atoms with Crippen LogP contribution < -0.4 is 10.2 Å². The first-order valence-corrected chi connectivity index (χ1v) is 10.9. The highest BCUT2D eigenvalue weighted by atomic mass is 32.1. The first-order valence-electron chi connectivity index (χ1n) is 10.1. The maximum atomic E-state index is 15.0. The van der Waals surface area contributed by atoms with E-state index in [-0.39, 0.29) is 5.91 Å².